The highest BCUT2D eigenvalue weighted by molar-refractivity contribution is 7.84. The van der Waals surface area contributed by atoms with Crippen LogP contribution in [-0.2, 0) is 21.3 Å². The highest BCUT2D eigenvalue weighted by atomic mass is 32.2. The van der Waals surface area contributed by atoms with Gasteiger partial charge < -0.3 is 9.84 Å². The summed E-state index contributed by atoms with van der Waals surface area (Å²) < 4.78 is 16.7. The molecule has 0 saturated heterocycles. The van der Waals surface area contributed by atoms with E-state index in [1.54, 1.807) is 18.2 Å². The minimum Gasteiger partial charge on any atom is -0.495 e. The Morgan fingerprint density at radius 2 is 2.28 bits per heavy atom. The number of nitrogens with zero attached hydrogens (tertiary/aromatic N) is 1. The van der Waals surface area contributed by atoms with Crippen molar-refractivity contribution in [2.45, 2.75) is 12.2 Å². The number of carboxylic acid groups (broad SMARTS) is 1. The fraction of sp³-hybridized carbons (Fsp3) is 0.333. The van der Waals surface area contributed by atoms with Crippen LogP contribution in [0.15, 0.2) is 18.2 Å². The lowest BCUT2D eigenvalue weighted by Crippen LogP contribution is -2.06. The van der Waals surface area contributed by atoms with Gasteiger partial charge in [-0.25, -0.2) is 0 Å². The minimum absolute atomic E-state index is 0.111. The molecule has 0 aliphatic carbocycles. The maximum atomic E-state index is 11.6. The van der Waals surface area contributed by atoms with E-state index in [1.807, 2.05) is 6.07 Å². The van der Waals surface area contributed by atoms with E-state index in [9.17, 15) is 9.00 Å². The van der Waals surface area contributed by atoms with Gasteiger partial charge in [0.15, 0.2) is 0 Å². The smallest absolute Gasteiger partial charge is 0.304 e. The number of carbonyl (C=O) groups is 1. The van der Waals surface area contributed by atoms with Gasteiger partial charge in [0, 0.05) is 22.3 Å². The molecule has 1 aromatic rings. The maximum Gasteiger partial charge on any atom is 0.304 e. The summed E-state index contributed by atoms with van der Waals surface area (Å²) in [4.78, 5) is 10.3. The summed E-state index contributed by atoms with van der Waals surface area (Å²) in [6, 6.07) is 6.93. The molecular weight excluding hydrogens is 254 g/mol. The molecule has 0 saturated carbocycles. The van der Waals surface area contributed by atoms with Crippen molar-refractivity contribution in [1.82, 2.24) is 0 Å². The van der Waals surface area contributed by atoms with Gasteiger partial charge >= 0.3 is 5.97 Å². The first-order chi connectivity index (χ1) is 8.56. The first-order valence-corrected chi connectivity index (χ1v) is 6.69. The molecule has 0 heterocycles. The first kappa shape index (κ1) is 14.2. The van der Waals surface area contributed by atoms with E-state index >= 15 is 0 Å². The van der Waals surface area contributed by atoms with Crippen LogP contribution in [-0.4, -0.2) is 28.1 Å². The fourth-order valence-electron chi connectivity index (χ4n) is 1.38. The van der Waals surface area contributed by atoms with Crippen LogP contribution in [0.2, 0.25) is 0 Å². The van der Waals surface area contributed by atoms with Crippen LogP contribution in [0.3, 0.4) is 0 Å². The van der Waals surface area contributed by atoms with Gasteiger partial charge in [0.2, 0.25) is 0 Å². The van der Waals surface area contributed by atoms with Crippen LogP contribution in [0, 0.1) is 11.3 Å². The molecule has 96 valence electrons. The molecular formula is C12H13NO4S. The lowest BCUT2D eigenvalue weighted by molar-refractivity contribution is -0.136. The second-order valence-corrected chi connectivity index (χ2v) is 5.16. The van der Waals surface area contributed by atoms with Crippen molar-refractivity contribution in [3.05, 3.63) is 29.3 Å². The molecule has 1 aromatic carbocycles. The molecule has 6 heteroatoms. The van der Waals surface area contributed by atoms with E-state index in [0.29, 0.717) is 11.3 Å². The molecule has 18 heavy (non-hydrogen) atoms. The van der Waals surface area contributed by atoms with Gasteiger partial charge in [0.25, 0.3) is 0 Å². The van der Waals surface area contributed by atoms with Crippen LogP contribution in [0.25, 0.3) is 0 Å². The van der Waals surface area contributed by atoms with Gasteiger partial charge in [0.1, 0.15) is 11.8 Å². The van der Waals surface area contributed by atoms with Gasteiger partial charge in [-0.15, -0.1) is 0 Å². The third kappa shape index (κ3) is 4.18. The van der Waals surface area contributed by atoms with E-state index < -0.39 is 16.8 Å². The van der Waals surface area contributed by atoms with E-state index in [-0.39, 0.29) is 17.9 Å². The van der Waals surface area contributed by atoms with Crippen molar-refractivity contribution in [2.75, 3.05) is 12.9 Å². The molecule has 0 aromatic heterocycles. The molecule has 0 radical (unpaired) electrons. The molecule has 1 atom stereocenters. The Hall–Kier alpha value is -1.87. The number of hydrogen-bond donors (Lipinski definition) is 1. The normalized spacial score (nSPS) is 11.6. The van der Waals surface area contributed by atoms with Crippen molar-refractivity contribution in [2.24, 2.45) is 0 Å². The van der Waals surface area contributed by atoms with E-state index in [1.165, 1.54) is 7.11 Å². The van der Waals surface area contributed by atoms with Crippen molar-refractivity contribution in [3.63, 3.8) is 0 Å². The van der Waals surface area contributed by atoms with Crippen molar-refractivity contribution in [1.29, 1.82) is 5.26 Å². The predicted octanol–water partition coefficient (Wildman–Crippen LogP) is 1.29. The quantitative estimate of drug-likeness (QED) is 0.839. The highest BCUT2D eigenvalue weighted by Gasteiger charge is 2.08. The monoisotopic (exact) mass is 267 g/mol. The van der Waals surface area contributed by atoms with Crippen LogP contribution in [0.1, 0.15) is 17.5 Å². The van der Waals surface area contributed by atoms with Crippen LogP contribution >= 0.6 is 0 Å². The number of nitriles is 1. The summed E-state index contributed by atoms with van der Waals surface area (Å²) in [7, 11) is 0.230. The Morgan fingerprint density at radius 3 is 2.83 bits per heavy atom. The number of hydrogen-bond acceptors (Lipinski definition) is 4. The Balaban J connectivity index is 2.71. The van der Waals surface area contributed by atoms with Crippen molar-refractivity contribution < 1.29 is 18.8 Å². The molecule has 0 spiro atoms. The fourth-order valence-corrected chi connectivity index (χ4v) is 2.47. The molecule has 0 bridgehead atoms. The van der Waals surface area contributed by atoms with E-state index in [4.69, 9.17) is 15.1 Å². The third-order valence-corrected chi connectivity index (χ3v) is 3.57. The van der Waals surface area contributed by atoms with Gasteiger partial charge in [-0.05, 0) is 17.7 Å². The number of methoxy groups -OCH3 is 1. The minimum atomic E-state index is -1.23. The summed E-state index contributed by atoms with van der Waals surface area (Å²) in [5.74, 6) is -0.140. The third-order valence-electron chi connectivity index (χ3n) is 2.26. The Morgan fingerprint density at radius 1 is 1.56 bits per heavy atom. The molecule has 0 aliphatic rings. The van der Waals surface area contributed by atoms with Gasteiger partial charge in [-0.3, -0.25) is 9.00 Å². The summed E-state index contributed by atoms with van der Waals surface area (Å²) in [5.41, 5.74) is 1.17. The Kier molecular flexibility index (Phi) is 5.33. The van der Waals surface area contributed by atoms with Gasteiger partial charge in [-0.1, -0.05) is 6.07 Å². The van der Waals surface area contributed by atoms with Gasteiger partial charge in [0.05, 0.1) is 19.1 Å². The zero-order chi connectivity index (χ0) is 13.5. The predicted molar refractivity (Wildman–Crippen MR) is 66.7 cm³/mol. The number of aliphatic carboxylic acids is 1. The first-order valence-electron chi connectivity index (χ1n) is 5.20. The van der Waals surface area contributed by atoms with Crippen molar-refractivity contribution in [3.8, 4) is 11.8 Å². The molecule has 0 fully saturated rings. The Labute approximate surface area is 107 Å². The second kappa shape index (κ2) is 6.77. The average Bonchev–Trinajstić information content (AvgIpc) is 2.36. The van der Waals surface area contributed by atoms with Crippen LogP contribution in [0.4, 0.5) is 0 Å². The van der Waals surface area contributed by atoms with E-state index in [2.05, 4.69) is 0 Å². The Bertz CT molecular complexity index is 507. The summed E-state index contributed by atoms with van der Waals surface area (Å²) in [6.45, 7) is 0. The number of rotatable bonds is 6. The maximum absolute atomic E-state index is 11.6. The SMILES string of the molecule is COc1cc(CS(=O)CCC(=O)O)ccc1C#N. The zero-order valence-corrected chi connectivity index (χ0v) is 10.7. The summed E-state index contributed by atoms with van der Waals surface area (Å²) in [6.07, 6.45) is -0.111. The molecule has 0 amide bonds. The topological polar surface area (TPSA) is 87.4 Å². The molecule has 1 rings (SSSR count). The van der Waals surface area contributed by atoms with Gasteiger partial charge in [-0.2, -0.15) is 5.26 Å². The lowest BCUT2D eigenvalue weighted by Gasteiger charge is -2.06. The molecule has 0 aliphatic heterocycles. The van der Waals surface area contributed by atoms with E-state index in [0.717, 1.165) is 5.56 Å². The summed E-state index contributed by atoms with van der Waals surface area (Å²) in [5, 5.41) is 17.3. The zero-order valence-electron chi connectivity index (χ0n) is 9.88. The molecule has 1 N–H and O–H groups in total. The van der Waals surface area contributed by atoms with Crippen LogP contribution < -0.4 is 4.74 Å². The standard InChI is InChI=1S/C12H13NO4S/c1-17-11-6-9(2-3-10(11)7-13)8-18(16)5-4-12(14)15/h2-3,6H,4-5,8H2,1H3,(H,14,15). The molecule has 1 unspecified atom stereocenters. The van der Waals surface area contributed by atoms with Crippen LogP contribution in [0.5, 0.6) is 5.75 Å². The largest absolute Gasteiger partial charge is 0.495 e. The number of carboxylic acids is 1. The lowest BCUT2D eigenvalue weighted by atomic mass is 10.1. The number of ether oxygens (including phenoxy) is 1. The van der Waals surface area contributed by atoms with Crippen molar-refractivity contribution >= 4 is 16.8 Å². The average molecular weight is 267 g/mol. The highest BCUT2D eigenvalue weighted by Crippen LogP contribution is 2.20. The summed E-state index contributed by atoms with van der Waals surface area (Å²) >= 11 is 0. The second-order valence-electron chi connectivity index (χ2n) is 3.58. The molecule has 5 nitrogen and oxygen atoms in total. The number of benzene rings is 1.